The predicted octanol–water partition coefficient (Wildman–Crippen LogP) is 0.879. The number of hydrogen-bond donors (Lipinski definition) is 2. The van der Waals surface area contributed by atoms with Crippen molar-refractivity contribution in [1.29, 1.82) is 0 Å². The van der Waals surface area contributed by atoms with E-state index in [1.54, 1.807) is 0 Å². The molecule has 12 heavy (non-hydrogen) atoms. The van der Waals surface area contributed by atoms with Crippen molar-refractivity contribution in [3.05, 3.63) is 10.4 Å². The summed E-state index contributed by atoms with van der Waals surface area (Å²) >= 11 is 0. The van der Waals surface area contributed by atoms with Gasteiger partial charge in [-0.1, -0.05) is 11.5 Å². The Morgan fingerprint density at radius 3 is 2.83 bits per heavy atom. The quantitative estimate of drug-likeness (QED) is 0.268. The van der Waals surface area contributed by atoms with Crippen LogP contribution in [-0.4, -0.2) is 23.7 Å². The number of aliphatic carboxylic acids is 1. The van der Waals surface area contributed by atoms with Crippen molar-refractivity contribution in [2.24, 2.45) is 10.8 Å². The minimum absolute atomic E-state index is 0.406. The van der Waals surface area contributed by atoms with E-state index in [-0.39, 0.29) is 0 Å². The van der Waals surface area contributed by atoms with E-state index < -0.39 is 12.0 Å². The van der Waals surface area contributed by atoms with E-state index in [4.69, 9.17) is 16.4 Å². The van der Waals surface area contributed by atoms with E-state index in [1.807, 2.05) is 0 Å². The lowest BCUT2D eigenvalue weighted by Crippen LogP contribution is -2.29. The Balaban J connectivity index is 3.31. The Morgan fingerprint density at radius 1 is 1.67 bits per heavy atom. The van der Waals surface area contributed by atoms with E-state index in [9.17, 15) is 4.79 Å². The largest absolute Gasteiger partial charge is 0.480 e. The maximum Gasteiger partial charge on any atom is 0.320 e. The highest BCUT2D eigenvalue weighted by atomic mass is 16.4. The molecule has 0 saturated heterocycles. The van der Waals surface area contributed by atoms with Gasteiger partial charge in [0.2, 0.25) is 0 Å². The average Bonchev–Trinajstić information content (AvgIpc) is 2.03. The molecule has 3 N–H and O–H groups in total. The molecule has 68 valence electrons. The molecule has 0 aliphatic carbocycles. The highest BCUT2D eigenvalue weighted by Crippen LogP contribution is 1.99. The van der Waals surface area contributed by atoms with Crippen LogP contribution < -0.4 is 5.73 Å². The lowest BCUT2D eigenvalue weighted by molar-refractivity contribution is -0.138. The van der Waals surface area contributed by atoms with Gasteiger partial charge in [-0.2, -0.15) is 0 Å². The molecule has 0 fully saturated rings. The van der Waals surface area contributed by atoms with E-state index >= 15 is 0 Å². The van der Waals surface area contributed by atoms with Crippen molar-refractivity contribution < 1.29 is 9.90 Å². The third-order valence-corrected chi connectivity index (χ3v) is 1.40. The fourth-order valence-corrected chi connectivity index (χ4v) is 0.715. The predicted molar refractivity (Wildman–Crippen MR) is 43.5 cm³/mol. The summed E-state index contributed by atoms with van der Waals surface area (Å²) in [5.74, 6) is -0.987. The molecular weight excluding hydrogens is 160 g/mol. The number of carbonyl (C=O) groups is 1. The number of unbranched alkanes of at least 4 members (excludes halogenated alkanes) is 1. The molecule has 0 aromatic heterocycles. The Kier molecular flexibility index (Phi) is 5.77. The summed E-state index contributed by atoms with van der Waals surface area (Å²) in [6, 6.07) is -0.795. The van der Waals surface area contributed by atoms with Gasteiger partial charge in [0.05, 0.1) is 0 Å². The van der Waals surface area contributed by atoms with Crippen molar-refractivity contribution in [3.63, 3.8) is 0 Å². The minimum atomic E-state index is -0.987. The van der Waals surface area contributed by atoms with E-state index in [2.05, 4.69) is 10.0 Å². The first-order valence-electron chi connectivity index (χ1n) is 3.67. The molecule has 0 radical (unpaired) electrons. The van der Waals surface area contributed by atoms with Gasteiger partial charge in [0.25, 0.3) is 0 Å². The normalized spacial score (nSPS) is 11.8. The molecule has 6 nitrogen and oxygen atoms in total. The van der Waals surface area contributed by atoms with Crippen molar-refractivity contribution in [2.75, 3.05) is 6.54 Å². The molecule has 0 heterocycles. The van der Waals surface area contributed by atoms with Crippen molar-refractivity contribution in [3.8, 4) is 0 Å². The summed E-state index contributed by atoms with van der Waals surface area (Å²) in [5.41, 5.74) is 13.1. The molecule has 0 spiro atoms. The highest BCUT2D eigenvalue weighted by molar-refractivity contribution is 5.72. The summed E-state index contributed by atoms with van der Waals surface area (Å²) in [6.07, 6.45) is 1.79. The highest BCUT2D eigenvalue weighted by Gasteiger charge is 2.09. The van der Waals surface area contributed by atoms with Crippen LogP contribution in [0.4, 0.5) is 0 Å². The number of carboxylic acids is 1. The van der Waals surface area contributed by atoms with Crippen LogP contribution in [0.15, 0.2) is 5.11 Å². The van der Waals surface area contributed by atoms with Crippen LogP contribution in [0, 0.1) is 0 Å². The van der Waals surface area contributed by atoms with Gasteiger partial charge in [0.1, 0.15) is 6.04 Å². The van der Waals surface area contributed by atoms with Crippen LogP contribution in [0.1, 0.15) is 19.3 Å². The Morgan fingerprint density at radius 2 is 2.33 bits per heavy atom. The smallest absolute Gasteiger partial charge is 0.320 e. The zero-order chi connectivity index (χ0) is 9.40. The molecule has 0 rings (SSSR count). The lowest BCUT2D eigenvalue weighted by atomic mass is 10.1. The maximum absolute atomic E-state index is 10.2. The summed E-state index contributed by atoms with van der Waals surface area (Å²) in [7, 11) is 0. The first-order valence-corrected chi connectivity index (χ1v) is 3.67. The molecule has 0 aromatic rings. The summed E-state index contributed by atoms with van der Waals surface area (Å²) in [6.45, 7) is 0.406. The second-order valence-corrected chi connectivity index (χ2v) is 2.39. The molecule has 1 atom stereocenters. The monoisotopic (exact) mass is 172 g/mol. The molecule has 0 amide bonds. The fraction of sp³-hybridized carbons (Fsp3) is 0.833. The SMILES string of the molecule is [N-]=[N+]=NCCCCC(N)C(=O)O. The summed E-state index contributed by atoms with van der Waals surface area (Å²) in [4.78, 5) is 12.8. The number of hydrogen-bond acceptors (Lipinski definition) is 3. The fourth-order valence-electron chi connectivity index (χ4n) is 0.715. The molecule has 0 bridgehead atoms. The molecule has 6 heteroatoms. The first-order chi connectivity index (χ1) is 5.68. The third-order valence-electron chi connectivity index (χ3n) is 1.40. The average molecular weight is 172 g/mol. The second-order valence-electron chi connectivity index (χ2n) is 2.39. The molecular formula is C6H12N4O2. The zero-order valence-electron chi connectivity index (χ0n) is 6.68. The van der Waals surface area contributed by atoms with Gasteiger partial charge in [-0.3, -0.25) is 4.79 Å². The molecule has 0 aliphatic rings. The van der Waals surface area contributed by atoms with Crippen LogP contribution in [0.2, 0.25) is 0 Å². The molecule has 1 unspecified atom stereocenters. The van der Waals surface area contributed by atoms with Gasteiger partial charge in [-0.15, -0.1) is 0 Å². The van der Waals surface area contributed by atoms with Gasteiger partial charge in [0.15, 0.2) is 0 Å². The number of carboxylic acid groups (broad SMARTS) is 1. The number of azide groups is 1. The Labute approximate surface area is 70.0 Å². The van der Waals surface area contributed by atoms with Gasteiger partial charge < -0.3 is 10.8 Å². The van der Waals surface area contributed by atoms with Gasteiger partial charge in [-0.05, 0) is 18.4 Å². The Bertz CT molecular complexity index is 188. The molecule has 0 aromatic carbocycles. The Hall–Kier alpha value is -1.26. The van der Waals surface area contributed by atoms with Crippen molar-refractivity contribution >= 4 is 5.97 Å². The molecule has 0 saturated carbocycles. The maximum atomic E-state index is 10.2. The van der Waals surface area contributed by atoms with Gasteiger partial charge >= 0.3 is 5.97 Å². The van der Waals surface area contributed by atoms with Gasteiger partial charge in [-0.25, -0.2) is 0 Å². The number of nitrogens with zero attached hydrogens (tertiary/aromatic N) is 3. The number of rotatable bonds is 6. The van der Waals surface area contributed by atoms with Crippen LogP contribution >= 0.6 is 0 Å². The first kappa shape index (κ1) is 10.7. The summed E-state index contributed by atoms with van der Waals surface area (Å²) in [5, 5.41) is 11.7. The van der Waals surface area contributed by atoms with Crippen LogP contribution in [0.25, 0.3) is 10.4 Å². The van der Waals surface area contributed by atoms with Gasteiger partial charge in [0, 0.05) is 11.5 Å². The minimum Gasteiger partial charge on any atom is -0.480 e. The third kappa shape index (κ3) is 5.52. The van der Waals surface area contributed by atoms with Crippen LogP contribution in [0.3, 0.4) is 0 Å². The van der Waals surface area contributed by atoms with E-state index in [0.29, 0.717) is 25.8 Å². The van der Waals surface area contributed by atoms with E-state index in [1.165, 1.54) is 0 Å². The van der Waals surface area contributed by atoms with Crippen molar-refractivity contribution in [2.45, 2.75) is 25.3 Å². The number of nitrogens with two attached hydrogens (primary N) is 1. The summed E-state index contributed by atoms with van der Waals surface area (Å²) < 4.78 is 0. The second kappa shape index (κ2) is 6.45. The zero-order valence-corrected chi connectivity index (χ0v) is 6.68. The topological polar surface area (TPSA) is 112 Å². The lowest BCUT2D eigenvalue weighted by Gasteiger charge is -2.03. The van der Waals surface area contributed by atoms with Crippen LogP contribution in [0.5, 0.6) is 0 Å². The van der Waals surface area contributed by atoms with E-state index in [0.717, 1.165) is 0 Å². The van der Waals surface area contributed by atoms with Crippen LogP contribution in [-0.2, 0) is 4.79 Å². The standard InChI is InChI=1S/C6H12N4O2/c7-5(6(11)12)3-1-2-4-9-10-8/h5H,1-4,7H2,(H,11,12). The van der Waals surface area contributed by atoms with Crippen molar-refractivity contribution in [1.82, 2.24) is 0 Å². The molecule has 0 aliphatic heterocycles.